The van der Waals surface area contributed by atoms with E-state index >= 15 is 0 Å². The Morgan fingerprint density at radius 2 is 1.95 bits per heavy atom. The van der Waals surface area contributed by atoms with Gasteiger partial charge in [0.25, 0.3) is 0 Å². The topological polar surface area (TPSA) is 38.8 Å². The normalized spacial score (nSPS) is 16.8. The van der Waals surface area contributed by atoms with Gasteiger partial charge in [0, 0.05) is 11.1 Å². The molecule has 1 unspecified atom stereocenters. The van der Waals surface area contributed by atoms with Crippen molar-refractivity contribution in [3.8, 4) is 5.75 Å². The maximum Gasteiger partial charge on any atom is 0.193 e. The highest BCUT2D eigenvalue weighted by molar-refractivity contribution is 6.09. The first-order valence-electron chi connectivity index (χ1n) is 6.68. The molecular formula is C17H16O3. The van der Waals surface area contributed by atoms with E-state index in [1.165, 1.54) is 0 Å². The molecule has 0 amide bonds. The smallest absolute Gasteiger partial charge is 0.193 e. The summed E-state index contributed by atoms with van der Waals surface area (Å²) in [7, 11) is 0. The number of hydrogen-bond donors (Lipinski definition) is 0. The molecule has 1 atom stereocenters. The molecule has 2 aromatic rings. The van der Waals surface area contributed by atoms with Gasteiger partial charge in [0.05, 0.1) is 6.61 Å². The van der Waals surface area contributed by atoms with Crippen molar-refractivity contribution in [1.29, 1.82) is 0 Å². The Morgan fingerprint density at radius 1 is 1.20 bits per heavy atom. The highest BCUT2D eigenvalue weighted by atomic mass is 16.6. The van der Waals surface area contributed by atoms with Crippen molar-refractivity contribution in [3.05, 3.63) is 65.2 Å². The Morgan fingerprint density at radius 3 is 2.65 bits per heavy atom. The van der Waals surface area contributed by atoms with E-state index in [1.54, 1.807) is 6.07 Å². The average Bonchev–Trinajstić information content (AvgIpc) is 3.29. The van der Waals surface area contributed by atoms with Crippen LogP contribution in [0, 0.1) is 6.92 Å². The zero-order chi connectivity index (χ0) is 13.9. The summed E-state index contributed by atoms with van der Waals surface area (Å²) in [6.07, 6.45) is 0.212. The van der Waals surface area contributed by atoms with Gasteiger partial charge >= 0.3 is 0 Å². The molecule has 1 aliphatic heterocycles. The van der Waals surface area contributed by atoms with Crippen molar-refractivity contribution in [2.45, 2.75) is 13.0 Å². The number of ketones is 1. The quantitative estimate of drug-likeness (QED) is 0.618. The first kappa shape index (κ1) is 12.9. The molecule has 0 saturated carbocycles. The number of hydrogen-bond acceptors (Lipinski definition) is 3. The second-order valence-corrected chi connectivity index (χ2v) is 5.00. The van der Waals surface area contributed by atoms with Crippen LogP contribution in [0.1, 0.15) is 21.5 Å². The van der Waals surface area contributed by atoms with E-state index in [0.717, 1.165) is 17.9 Å². The van der Waals surface area contributed by atoms with Crippen LogP contribution >= 0.6 is 0 Å². The van der Waals surface area contributed by atoms with Crippen LogP contribution in [-0.2, 0) is 4.74 Å². The number of carbonyl (C=O) groups is 1. The summed E-state index contributed by atoms with van der Waals surface area (Å²) >= 11 is 0. The summed E-state index contributed by atoms with van der Waals surface area (Å²) in [5, 5.41) is 0. The zero-order valence-electron chi connectivity index (χ0n) is 11.3. The van der Waals surface area contributed by atoms with Gasteiger partial charge in [-0.05, 0) is 30.7 Å². The lowest BCUT2D eigenvalue weighted by Crippen LogP contribution is -2.06. The van der Waals surface area contributed by atoms with Crippen LogP contribution in [0.25, 0.3) is 0 Å². The van der Waals surface area contributed by atoms with Gasteiger partial charge in [-0.2, -0.15) is 0 Å². The minimum Gasteiger partial charge on any atom is -0.491 e. The minimum atomic E-state index is 0.0156. The lowest BCUT2D eigenvalue weighted by Gasteiger charge is -2.08. The number of rotatable bonds is 5. The third kappa shape index (κ3) is 3.06. The van der Waals surface area contributed by atoms with E-state index in [-0.39, 0.29) is 11.9 Å². The van der Waals surface area contributed by atoms with Crippen molar-refractivity contribution in [3.63, 3.8) is 0 Å². The molecule has 3 nitrogen and oxygen atoms in total. The SMILES string of the molecule is Cc1cc(OCC2CO2)cc(C(=O)c2ccccc2)c1. The second kappa shape index (κ2) is 5.47. The van der Waals surface area contributed by atoms with Crippen LogP contribution in [0.2, 0.25) is 0 Å². The molecule has 3 rings (SSSR count). The van der Waals surface area contributed by atoms with Gasteiger partial charge in [-0.25, -0.2) is 0 Å². The van der Waals surface area contributed by atoms with Crippen LogP contribution in [0.5, 0.6) is 5.75 Å². The maximum atomic E-state index is 12.4. The fourth-order valence-electron chi connectivity index (χ4n) is 2.07. The van der Waals surface area contributed by atoms with Gasteiger partial charge < -0.3 is 9.47 Å². The van der Waals surface area contributed by atoms with E-state index in [1.807, 2.05) is 49.4 Å². The number of epoxide rings is 1. The van der Waals surface area contributed by atoms with Gasteiger partial charge in [-0.15, -0.1) is 0 Å². The molecule has 1 aliphatic rings. The molecule has 0 radical (unpaired) electrons. The van der Waals surface area contributed by atoms with Gasteiger partial charge in [-0.3, -0.25) is 4.79 Å². The molecule has 1 fully saturated rings. The molecule has 1 saturated heterocycles. The van der Waals surface area contributed by atoms with Crippen molar-refractivity contribution >= 4 is 5.78 Å². The summed E-state index contributed by atoms with van der Waals surface area (Å²) in [6.45, 7) is 3.27. The first-order valence-corrected chi connectivity index (χ1v) is 6.68. The van der Waals surface area contributed by atoms with E-state index in [0.29, 0.717) is 17.7 Å². The summed E-state index contributed by atoms with van der Waals surface area (Å²) in [4.78, 5) is 12.4. The Hall–Kier alpha value is -2.13. The minimum absolute atomic E-state index is 0.0156. The van der Waals surface area contributed by atoms with Crippen molar-refractivity contribution < 1.29 is 14.3 Å². The molecule has 20 heavy (non-hydrogen) atoms. The molecule has 3 heteroatoms. The predicted molar refractivity (Wildman–Crippen MR) is 76.3 cm³/mol. The van der Waals surface area contributed by atoms with Crippen LogP contribution in [0.4, 0.5) is 0 Å². The van der Waals surface area contributed by atoms with Crippen LogP contribution in [0.3, 0.4) is 0 Å². The molecule has 102 valence electrons. The number of aryl methyl sites for hydroxylation is 1. The van der Waals surface area contributed by atoms with E-state index in [9.17, 15) is 4.79 Å². The van der Waals surface area contributed by atoms with Crippen LogP contribution in [0.15, 0.2) is 48.5 Å². The number of ether oxygens (including phenoxy) is 2. The lowest BCUT2D eigenvalue weighted by molar-refractivity contribution is 0.103. The highest BCUT2D eigenvalue weighted by Crippen LogP contribution is 2.21. The molecule has 0 aromatic heterocycles. The molecule has 0 aliphatic carbocycles. The Bertz CT molecular complexity index is 615. The van der Waals surface area contributed by atoms with Crippen LogP contribution in [-0.4, -0.2) is 25.1 Å². The lowest BCUT2D eigenvalue weighted by atomic mass is 10.0. The Labute approximate surface area is 118 Å². The third-order valence-corrected chi connectivity index (χ3v) is 3.19. The molecule has 0 bridgehead atoms. The maximum absolute atomic E-state index is 12.4. The summed E-state index contributed by atoms with van der Waals surface area (Å²) in [5.74, 6) is 0.738. The summed E-state index contributed by atoms with van der Waals surface area (Å²) in [6, 6.07) is 14.9. The highest BCUT2D eigenvalue weighted by Gasteiger charge is 2.23. The van der Waals surface area contributed by atoms with Gasteiger partial charge in [0.15, 0.2) is 5.78 Å². The molecular weight excluding hydrogens is 252 g/mol. The van der Waals surface area contributed by atoms with E-state index < -0.39 is 0 Å². The zero-order valence-corrected chi connectivity index (χ0v) is 11.3. The van der Waals surface area contributed by atoms with Gasteiger partial charge in [0.1, 0.15) is 18.5 Å². The number of carbonyl (C=O) groups excluding carboxylic acids is 1. The molecule has 2 aromatic carbocycles. The van der Waals surface area contributed by atoms with E-state index in [4.69, 9.17) is 9.47 Å². The second-order valence-electron chi connectivity index (χ2n) is 5.00. The standard InChI is InChI=1S/C17H16O3/c1-12-7-14(17(18)13-5-3-2-4-6-13)9-15(8-12)19-10-16-11-20-16/h2-9,16H,10-11H2,1H3. The van der Waals surface area contributed by atoms with Gasteiger partial charge in [0.2, 0.25) is 0 Å². The summed E-state index contributed by atoms with van der Waals surface area (Å²) in [5.41, 5.74) is 2.36. The average molecular weight is 268 g/mol. The molecule has 0 spiro atoms. The molecule has 0 N–H and O–H groups in total. The third-order valence-electron chi connectivity index (χ3n) is 3.19. The van der Waals surface area contributed by atoms with Crippen LogP contribution < -0.4 is 4.74 Å². The van der Waals surface area contributed by atoms with E-state index in [2.05, 4.69) is 0 Å². The fraction of sp³-hybridized carbons (Fsp3) is 0.235. The van der Waals surface area contributed by atoms with Gasteiger partial charge in [-0.1, -0.05) is 30.3 Å². The van der Waals surface area contributed by atoms with Crippen molar-refractivity contribution in [1.82, 2.24) is 0 Å². The summed E-state index contributed by atoms with van der Waals surface area (Å²) < 4.78 is 10.8. The van der Waals surface area contributed by atoms with Crippen molar-refractivity contribution in [2.24, 2.45) is 0 Å². The first-order chi connectivity index (χ1) is 9.72. The number of benzene rings is 2. The monoisotopic (exact) mass is 268 g/mol. The largest absolute Gasteiger partial charge is 0.491 e. The Kier molecular flexibility index (Phi) is 3.52. The molecule has 1 heterocycles. The Balaban J connectivity index is 1.82. The predicted octanol–water partition coefficient (Wildman–Crippen LogP) is 3.00. The van der Waals surface area contributed by atoms with Crippen molar-refractivity contribution in [2.75, 3.05) is 13.2 Å². The fourth-order valence-corrected chi connectivity index (χ4v) is 2.07.